The van der Waals surface area contributed by atoms with Gasteiger partial charge in [-0.1, -0.05) is 15.9 Å². The molecule has 0 amide bonds. The molecule has 2 fully saturated rings. The lowest BCUT2D eigenvalue weighted by atomic mass is 10.1. The fraction of sp³-hybridized carbons (Fsp3) is 0.533. The van der Waals surface area contributed by atoms with Gasteiger partial charge in [-0.2, -0.15) is 0 Å². The highest BCUT2D eigenvalue weighted by Crippen LogP contribution is 2.31. The molecule has 2 aliphatic rings. The van der Waals surface area contributed by atoms with E-state index in [-0.39, 0.29) is 0 Å². The third-order valence-electron chi connectivity index (χ3n) is 4.12. The highest BCUT2D eigenvalue weighted by atomic mass is 79.9. The minimum Gasteiger partial charge on any atom is -0.478 e. The van der Waals surface area contributed by atoms with Gasteiger partial charge in [-0.3, -0.25) is 4.90 Å². The summed E-state index contributed by atoms with van der Waals surface area (Å²) in [6, 6.07) is 5.38. The average molecular weight is 339 g/mol. The van der Waals surface area contributed by atoms with Crippen molar-refractivity contribution in [1.29, 1.82) is 0 Å². The number of hydrogen-bond donors (Lipinski definition) is 1. The summed E-state index contributed by atoms with van der Waals surface area (Å²) in [7, 11) is 0. The molecule has 4 nitrogen and oxygen atoms in total. The molecule has 1 aromatic rings. The van der Waals surface area contributed by atoms with Gasteiger partial charge in [-0.15, -0.1) is 0 Å². The lowest BCUT2D eigenvalue weighted by Gasteiger charge is -2.36. The molecule has 0 atom stereocenters. The van der Waals surface area contributed by atoms with Crippen LogP contribution in [0.3, 0.4) is 0 Å². The van der Waals surface area contributed by atoms with Gasteiger partial charge in [0, 0.05) is 37.2 Å². The second-order valence-corrected chi connectivity index (χ2v) is 6.61. The Bertz CT molecular complexity index is 509. The van der Waals surface area contributed by atoms with E-state index in [1.54, 1.807) is 12.1 Å². The van der Waals surface area contributed by atoms with Crippen LogP contribution in [-0.2, 0) is 0 Å². The monoisotopic (exact) mass is 338 g/mol. The van der Waals surface area contributed by atoms with Crippen molar-refractivity contribution in [2.75, 3.05) is 37.6 Å². The summed E-state index contributed by atoms with van der Waals surface area (Å²) in [5.41, 5.74) is 1.22. The van der Waals surface area contributed by atoms with Gasteiger partial charge in [0.15, 0.2) is 0 Å². The van der Waals surface area contributed by atoms with E-state index in [0.29, 0.717) is 5.56 Å². The standard InChI is InChI=1S/C15H19BrN2O2/c16-12-3-4-13(15(19)20)14(9-12)18-7-5-17(6-8-18)10-11-1-2-11/h3-4,9,11H,1-2,5-8,10H2,(H,19,20). The van der Waals surface area contributed by atoms with Crippen LogP contribution in [0.15, 0.2) is 22.7 Å². The number of aromatic carboxylic acids is 1. The zero-order valence-electron chi connectivity index (χ0n) is 11.4. The smallest absolute Gasteiger partial charge is 0.337 e. The molecular formula is C15H19BrN2O2. The maximum absolute atomic E-state index is 11.3. The first-order chi connectivity index (χ1) is 9.63. The Balaban J connectivity index is 1.70. The Kier molecular flexibility index (Phi) is 3.98. The van der Waals surface area contributed by atoms with Crippen LogP contribution in [0.4, 0.5) is 5.69 Å². The van der Waals surface area contributed by atoms with Gasteiger partial charge >= 0.3 is 5.97 Å². The number of rotatable bonds is 4. The number of carboxylic acids is 1. The number of benzene rings is 1. The lowest BCUT2D eigenvalue weighted by molar-refractivity contribution is 0.0697. The predicted octanol–water partition coefficient (Wildman–Crippen LogP) is 2.68. The van der Waals surface area contributed by atoms with Crippen molar-refractivity contribution in [3.8, 4) is 0 Å². The minimum absolute atomic E-state index is 0.392. The predicted molar refractivity (Wildman–Crippen MR) is 82.5 cm³/mol. The van der Waals surface area contributed by atoms with Crippen molar-refractivity contribution in [3.63, 3.8) is 0 Å². The summed E-state index contributed by atoms with van der Waals surface area (Å²) < 4.78 is 0.929. The van der Waals surface area contributed by atoms with Crippen LogP contribution in [0.5, 0.6) is 0 Å². The molecule has 1 aliphatic heterocycles. The second-order valence-electron chi connectivity index (χ2n) is 5.70. The van der Waals surface area contributed by atoms with E-state index in [1.165, 1.54) is 19.4 Å². The second kappa shape index (κ2) is 5.74. The van der Waals surface area contributed by atoms with Crippen LogP contribution >= 0.6 is 15.9 Å². The van der Waals surface area contributed by atoms with E-state index < -0.39 is 5.97 Å². The SMILES string of the molecule is O=C(O)c1ccc(Br)cc1N1CCN(CC2CC2)CC1. The van der Waals surface area contributed by atoms with Crippen LogP contribution in [0.2, 0.25) is 0 Å². The summed E-state index contributed by atoms with van der Waals surface area (Å²) in [6.45, 7) is 5.09. The maximum atomic E-state index is 11.3. The number of anilines is 1. The van der Waals surface area contributed by atoms with E-state index in [2.05, 4.69) is 25.7 Å². The zero-order valence-corrected chi connectivity index (χ0v) is 13.0. The number of hydrogen-bond acceptors (Lipinski definition) is 3. The molecular weight excluding hydrogens is 320 g/mol. The number of nitrogens with zero attached hydrogens (tertiary/aromatic N) is 2. The molecule has 1 saturated heterocycles. The highest BCUT2D eigenvalue weighted by molar-refractivity contribution is 9.10. The van der Waals surface area contributed by atoms with Gasteiger partial charge in [0.25, 0.3) is 0 Å². The van der Waals surface area contributed by atoms with Crippen molar-refractivity contribution in [1.82, 2.24) is 4.90 Å². The zero-order chi connectivity index (χ0) is 14.1. The van der Waals surface area contributed by atoms with E-state index in [9.17, 15) is 9.90 Å². The summed E-state index contributed by atoms with van der Waals surface area (Å²) in [5.74, 6) is 0.0647. The molecule has 108 valence electrons. The van der Waals surface area contributed by atoms with Gasteiger partial charge in [0.1, 0.15) is 0 Å². The number of halogens is 1. The highest BCUT2D eigenvalue weighted by Gasteiger charge is 2.27. The largest absolute Gasteiger partial charge is 0.478 e. The fourth-order valence-electron chi connectivity index (χ4n) is 2.78. The molecule has 20 heavy (non-hydrogen) atoms. The Hall–Kier alpha value is -1.07. The maximum Gasteiger partial charge on any atom is 0.337 e. The molecule has 0 bridgehead atoms. The van der Waals surface area contributed by atoms with Crippen LogP contribution in [0, 0.1) is 5.92 Å². The van der Waals surface area contributed by atoms with Crippen LogP contribution in [0.25, 0.3) is 0 Å². The van der Waals surface area contributed by atoms with E-state index in [0.717, 1.165) is 42.3 Å². The van der Waals surface area contributed by atoms with Crippen LogP contribution in [-0.4, -0.2) is 48.7 Å². The normalized spacial score (nSPS) is 20.1. The first kappa shape index (κ1) is 13.9. The first-order valence-corrected chi connectivity index (χ1v) is 7.93. The molecule has 0 aromatic heterocycles. The van der Waals surface area contributed by atoms with Crippen molar-refractivity contribution in [2.45, 2.75) is 12.8 Å². The molecule has 0 radical (unpaired) electrons. The average Bonchev–Trinajstić information content (AvgIpc) is 3.23. The molecule has 0 unspecified atom stereocenters. The molecule has 1 aromatic carbocycles. The van der Waals surface area contributed by atoms with Crippen LogP contribution < -0.4 is 4.90 Å². The van der Waals surface area contributed by atoms with E-state index in [4.69, 9.17) is 0 Å². The number of piperazine rings is 1. The van der Waals surface area contributed by atoms with Gasteiger partial charge in [-0.25, -0.2) is 4.79 Å². The fourth-order valence-corrected chi connectivity index (χ4v) is 3.13. The Morgan fingerprint density at radius 3 is 2.55 bits per heavy atom. The first-order valence-electron chi connectivity index (χ1n) is 7.13. The van der Waals surface area contributed by atoms with Crippen molar-refractivity contribution in [3.05, 3.63) is 28.2 Å². The molecule has 1 aliphatic carbocycles. The number of carboxylic acid groups (broad SMARTS) is 1. The Morgan fingerprint density at radius 2 is 1.95 bits per heavy atom. The van der Waals surface area contributed by atoms with Crippen molar-refractivity contribution in [2.24, 2.45) is 5.92 Å². The molecule has 5 heteroatoms. The van der Waals surface area contributed by atoms with E-state index in [1.807, 2.05) is 6.07 Å². The van der Waals surface area contributed by atoms with Gasteiger partial charge in [0.05, 0.1) is 11.3 Å². The molecule has 3 rings (SSSR count). The Morgan fingerprint density at radius 1 is 1.25 bits per heavy atom. The quantitative estimate of drug-likeness (QED) is 0.916. The Labute approximate surface area is 127 Å². The van der Waals surface area contributed by atoms with Crippen LogP contribution in [0.1, 0.15) is 23.2 Å². The topological polar surface area (TPSA) is 43.8 Å². The van der Waals surface area contributed by atoms with Gasteiger partial charge in [0.2, 0.25) is 0 Å². The van der Waals surface area contributed by atoms with Gasteiger partial charge in [-0.05, 0) is 37.0 Å². The molecule has 1 saturated carbocycles. The van der Waals surface area contributed by atoms with Crippen molar-refractivity contribution < 1.29 is 9.90 Å². The summed E-state index contributed by atoms with van der Waals surface area (Å²) in [5, 5.41) is 9.31. The van der Waals surface area contributed by atoms with E-state index >= 15 is 0 Å². The van der Waals surface area contributed by atoms with Gasteiger partial charge < -0.3 is 10.0 Å². The summed E-state index contributed by atoms with van der Waals surface area (Å²) in [4.78, 5) is 16.0. The minimum atomic E-state index is -0.854. The lowest BCUT2D eigenvalue weighted by Crippen LogP contribution is -2.47. The third kappa shape index (κ3) is 3.15. The third-order valence-corrected chi connectivity index (χ3v) is 4.61. The number of carbonyl (C=O) groups is 1. The molecule has 1 N–H and O–H groups in total. The summed E-state index contributed by atoms with van der Waals surface area (Å²) in [6.07, 6.45) is 2.77. The molecule has 1 heterocycles. The molecule has 0 spiro atoms. The van der Waals surface area contributed by atoms with Crippen molar-refractivity contribution >= 4 is 27.6 Å². The summed E-state index contributed by atoms with van der Waals surface area (Å²) >= 11 is 3.43.